The van der Waals surface area contributed by atoms with Gasteiger partial charge in [0, 0.05) is 15.6 Å². The monoisotopic (exact) mass is 421 g/mol. The molecule has 1 heterocycles. The molecule has 0 bridgehead atoms. The first-order valence-corrected chi connectivity index (χ1v) is 10.1. The van der Waals surface area contributed by atoms with Crippen LogP contribution in [0.3, 0.4) is 0 Å². The average molecular weight is 422 g/mol. The van der Waals surface area contributed by atoms with Crippen LogP contribution in [0.15, 0.2) is 70.6 Å². The first-order chi connectivity index (χ1) is 11.9. The normalized spacial score (nSPS) is 18.0. The van der Waals surface area contributed by atoms with E-state index in [4.69, 9.17) is 4.74 Å². The standard InChI is InChI=1S/C18H16BrNO4S/c19-14-6-8-17(9-7-14)24-12-18(21)20(15-4-2-1-3-5-15)16-10-11-25(22,23)13-16/h1-11,16H,12-13H2/t16-/m0/s1. The molecule has 25 heavy (non-hydrogen) atoms. The van der Waals surface area contributed by atoms with Crippen LogP contribution in [0.25, 0.3) is 0 Å². The molecule has 0 saturated carbocycles. The molecule has 0 spiro atoms. The molecule has 3 rings (SSSR count). The van der Waals surface area contributed by atoms with E-state index in [1.54, 1.807) is 42.5 Å². The number of amides is 1. The molecule has 0 saturated heterocycles. The van der Waals surface area contributed by atoms with Crippen LogP contribution in [0.1, 0.15) is 0 Å². The van der Waals surface area contributed by atoms with Gasteiger partial charge in [0.25, 0.3) is 5.91 Å². The lowest BCUT2D eigenvalue weighted by atomic mass is 10.2. The third-order valence-electron chi connectivity index (χ3n) is 3.72. The predicted molar refractivity (Wildman–Crippen MR) is 100 cm³/mol. The number of carbonyl (C=O) groups is 1. The van der Waals surface area contributed by atoms with E-state index in [2.05, 4.69) is 15.9 Å². The van der Waals surface area contributed by atoms with Gasteiger partial charge >= 0.3 is 0 Å². The van der Waals surface area contributed by atoms with Gasteiger partial charge in [0.2, 0.25) is 0 Å². The summed E-state index contributed by atoms with van der Waals surface area (Å²) >= 11 is 3.34. The number of halogens is 1. The third kappa shape index (κ3) is 4.49. The van der Waals surface area contributed by atoms with Crippen molar-refractivity contribution in [3.63, 3.8) is 0 Å². The van der Waals surface area contributed by atoms with E-state index >= 15 is 0 Å². The molecule has 130 valence electrons. The number of hydrogen-bond donors (Lipinski definition) is 0. The Hall–Kier alpha value is -2.12. The fourth-order valence-corrected chi connectivity index (χ4v) is 4.11. The van der Waals surface area contributed by atoms with Crippen LogP contribution < -0.4 is 9.64 Å². The lowest BCUT2D eigenvalue weighted by Gasteiger charge is -2.27. The molecule has 2 aromatic carbocycles. The topological polar surface area (TPSA) is 63.7 Å². The summed E-state index contributed by atoms with van der Waals surface area (Å²) < 4.78 is 30.0. The van der Waals surface area contributed by atoms with Crippen LogP contribution >= 0.6 is 15.9 Å². The summed E-state index contributed by atoms with van der Waals surface area (Å²) in [4.78, 5) is 14.2. The van der Waals surface area contributed by atoms with E-state index in [1.807, 2.05) is 18.2 Å². The maximum Gasteiger partial charge on any atom is 0.265 e. The van der Waals surface area contributed by atoms with Crippen molar-refractivity contribution in [3.05, 3.63) is 70.6 Å². The number of benzene rings is 2. The second kappa shape index (κ2) is 7.41. The summed E-state index contributed by atoms with van der Waals surface area (Å²) in [6.07, 6.45) is 1.54. The molecule has 1 amide bonds. The van der Waals surface area contributed by atoms with Crippen molar-refractivity contribution in [1.82, 2.24) is 0 Å². The molecule has 0 radical (unpaired) electrons. The molecule has 0 aliphatic carbocycles. The minimum absolute atomic E-state index is 0.119. The number of ether oxygens (including phenoxy) is 1. The molecule has 1 atom stereocenters. The lowest BCUT2D eigenvalue weighted by molar-refractivity contribution is -0.120. The zero-order valence-electron chi connectivity index (χ0n) is 13.2. The Bertz CT molecular complexity index is 879. The molecule has 0 fully saturated rings. The number of para-hydroxylation sites is 1. The van der Waals surface area contributed by atoms with Gasteiger partial charge in [-0.2, -0.15) is 0 Å². The Balaban J connectivity index is 1.78. The summed E-state index contributed by atoms with van der Waals surface area (Å²) in [5.74, 6) is 0.145. The molecule has 7 heteroatoms. The predicted octanol–water partition coefficient (Wildman–Crippen LogP) is 3.17. The number of anilines is 1. The van der Waals surface area contributed by atoms with Crippen molar-refractivity contribution >= 4 is 37.4 Å². The molecule has 1 aliphatic rings. The van der Waals surface area contributed by atoms with Gasteiger partial charge < -0.3 is 9.64 Å². The first-order valence-electron chi connectivity index (χ1n) is 7.61. The van der Waals surface area contributed by atoms with Crippen molar-refractivity contribution in [2.24, 2.45) is 0 Å². The summed E-state index contributed by atoms with van der Waals surface area (Å²) in [5, 5.41) is 1.16. The SMILES string of the molecule is O=C(COc1ccc(Br)cc1)N(c1ccccc1)[C@H]1C=CS(=O)(=O)C1. The highest BCUT2D eigenvalue weighted by Gasteiger charge is 2.31. The second-order valence-electron chi connectivity index (χ2n) is 5.57. The minimum Gasteiger partial charge on any atom is -0.484 e. The highest BCUT2D eigenvalue weighted by atomic mass is 79.9. The fourth-order valence-electron chi connectivity index (χ4n) is 2.57. The number of sulfone groups is 1. The summed E-state index contributed by atoms with van der Waals surface area (Å²) in [7, 11) is -3.27. The van der Waals surface area contributed by atoms with Crippen molar-refractivity contribution in [3.8, 4) is 5.75 Å². The molecule has 1 aliphatic heterocycles. The van der Waals surface area contributed by atoms with E-state index in [-0.39, 0.29) is 18.3 Å². The summed E-state index contributed by atoms with van der Waals surface area (Å²) in [5.41, 5.74) is 0.638. The zero-order valence-corrected chi connectivity index (χ0v) is 15.6. The van der Waals surface area contributed by atoms with Gasteiger partial charge in [-0.1, -0.05) is 34.1 Å². The quantitative estimate of drug-likeness (QED) is 0.743. The van der Waals surface area contributed by atoms with Gasteiger partial charge in [-0.25, -0.2) is 8.42 Å². The van der Waals surface area contributed by atoms with Crippen LogP contribution in [0.5, 0.6) is 5.75 Å². The van der Waals surface area contributed by atoms with Gasteiger partial charge in [-0.05, 0) is 42.5 Å². The van der Waals surface area contributed by atoms with Gasteiger partial charge in [-0.3, -0.25) is 4.79 Å². The van der Waals surface area contributed by atoms with Crippen molar-refractivity contribution < 1.29 is 17.9 Å². The Morgan fingerprint density at radius 2 is 1.80 bits per heavy atom. The molecule has 5 nitrogen and oxygen atoms in total. The fraction of sp³-hybridized carbons (Fsp3) is 0.167. The van der Waals surface area contributed by atoms with Gasteiger partial charge in [-0.15, -0.1) is 0 Å². The molecule has 0 aromatic heterocycles. The van der Waals surface area contributed by atoms with E-state index in [9.17, 15) is 13.2 Å². The Kier molecular flexibility index (Phi) is 5.24. The van der Waals surface area contributed by atoms with Crippen molar-refractivity contribution in [2.75, 3.05) is 17.3 Å². The maximum atomic E-state index is 12.7. The Morgan fingerprint density at radius 3 is 2.40 bits per heavy atom. The largest absolute Gasteiger partial charge is 0.484 e. The number of rotatable bonds is 5. The average Bonchev–Trinajstić information content (AvgIpc) is 2.95. The van der Waals surface area contributed by atoms with Gasteiger partial charge in [0.1, 0.15) is 5.75 Å². The van der Waals surface area contributed by atoms with Crippen LogP contribution in [0.4, 0.5) is 5.69 Å². The van der Waals surface area contributed by atoms with Gasteiger partial charge in [0.05, 0.1) is 11.8 Å². The lowest BCUT2D eigenvalue weighted by Crippen LogP contribution is -2.43. The molecule has 0 unspecified atom stereocenters. The number of hydrogen-bond acceptors (Lipinski definition) is 4. The van der Waals surface area contributed by atoms with Gasteiger partial charge in [0.15, 0.2) is 16.4 Å². The number of nitrogens with zero attached hydrogens (tertiary/aromatic N) is 1. The van der Waals surface area contributed by atoms with E-state index in [0.29, 0.717) is 11.4 Å². The second-order valence-corrected chi connectivity index (χ2v) is 8.41. The van der Waals surface area contributed by atoms with E-state index < -0.39 is 15.9 Å². The molecule has 2 aromatic rings. The molecule has 0 N–H and O–H groups in total. The molecular weight excluding hydrogens is 406 g/mol. The smallest absolute Gasteiger partial charge is 0.265 e. The van der Waals surface area contributed by atoms with Crippen LogP contribution in [-0.2, 0) is 14.6 Å². The summed E-state index contributed by atoms with van der Waals surface area (Å²) in [6, 6.07) is 15.6. The Labute approximate surface area is 155 Å². The van der Waals surface area contributed by atoms with Crippen LogP contribution in [-0.4, -0.2) is 32.7 Å². The first kappa shape index (κ1) is 17.7. The minimum atomic E-state index is -3.27. The zero-order chi connectivity index (χ0) is 17.9. The van der Waals surface area contributed by atoms with Crippen molar-refractivity contribution in [1.29, 1.82) is 0 Å². The van der Waals surface area contributed by atoms with Crippen LogP contribution in [0, 0.1) is 0 Å². The third-order valence-corrected chi connectivity index (χ3v) is 5.63. The highest BCUT2D eigenvalue weighted by molar-refractivity contribution is 9.10. The maximum absolute atomic E-state index is 12.7. The van der Waals surface area contributed by atoms with E-state index in [0.717, 1.165) is 9.88 Å². The van der Waals surface area contributed by atoms with E-state index in [1.165, 1.54) is 4.90 Å². The van der Waals surface area contributed by atoms with Crippen LogP contribution in [0.2, 0.25) is 0 Å². The summed E-state index contributed by atoms with van der Waals surface area (Å²) in [6.45, 7) is -0.180. The molecular formula is C18H16BrNO4S. The number of carbonyl (C=O) groups excluding carboxylic acids is 1. The highest BCUT2D eigenvalue weighted by Crippen LogP contribution is 2.23. The van der Waals surface area contributed by atoms with Crippen molar-refractivity contribution in [2.45, 2.75) is 6.04 Å². The Morgan fingerprint density at radius 1 is 1.12 bits per heavy atom.